The first-order valence-corrected chi connectivity index (χ1v) is 8.93. The van der Waals surface area contributed by atoms with Gasteiger partial charge in [-0.05, 0) is 31.2 Å². The second kappa shape index (κ2) is 7.60. The Bertz CT molecular complexity index is 825. The van der Waals surface area contributed by atoms with Crippen LogP contribution in [0.4, 0.5) is 5.13 Å². The van der Waals surface area contributed by atoms with Crippen LogP contribution in [-0.4, -0.2) is 17.3 Å². The van der Waals surface area contributed by atoms with Gasteiger partial charge in [0.2, 0.25) is 0 Å². The topological polar surface area (TPSA) is 42.0 Å². The summed E-state index contributed by atoms with van der Waals surface area (Å²) in [5.41, 5.74) is 3.96. The number of aryl methyl sites for hydroxylation is 1. The fourth-order valence-electron chi connectivity index (χ4n) is 2.27. The summed E-state index contributed by atoms with van der Waals surface area (Å²) in [5.74, 6) is 0.0921. The standard InChI is InChI=1S/C19H17ClN2OS/c1-13-2-4-14(5-3-13)17-12-24-19(22-17)21-11-10-18(23)15-6-8-16(20)9-7-15/h2-9,12H,10-11H2,1H3,(H,21,22). The fourth-order valence-corrected chi connectivity index (χ4v) is 3.15. The van der Waals surface area contributed by atoms with Crippen LogP contribution in [0.15, 0.2) is 53.9 Å². The lowest BCUT2D eigenvalue weighted by atomic mass is 10.1. The summed E-state index contributed by atoms with van der Waals surface area (Å²) in [6, 6.07) is 15.3. The van der Waals surface area contributed by atoms with Crippen molar-refractivity contribution in [1.29, 1.82) is 0 Å². The number of nitrogens with zero attached hydrogens (tertiary/aromatic N) is 1. The third-order valence-corrected chi connectivity index (χ3v) is 4.70. The normalized spacial score (nSPS) is 10.6. The number of rotatable bonds is 6. The summed E-state index contributed by atoms with van der Waals surface area (Å²) in [6.45, 7) is 2.62. The number of anilines is 1. The van der Waals surface area contributed by atoms with Crippen molar-refractivity contribution in [2.75, 3.05) is 11.9 Å². The molecule has 122 valence electrons. The lowest BCUT2D eigenvalue weighted by Gasteiger charge is -2.03. The van der Waals surface area contributed by atoms with E-state index < -0.39 is 0 Å². The molecule has 0 radical (unpaired) electrons. The van der Waals surface area contributed by atoms with Gasteiger partial charge >= 0.3 is 0 Å². The van der Waals surface area contributed by atoms with Crippen molar-refractivity contribution in [2.45, 2.75) is 13.3 Å². The average Bonchev–Trinajstić information content (AvgIpc) is 3.05. The fraction of sp³-hybridized carbons (Fsp3) is 0.158. The van der Waals surface area contributed by atoms with Crippen LogP contribution in [0.2, 0.25) is 5.02 Å². The van der Waals surface area contributed by atoms with E-state index >= 15 is 0 Å². The number of hydrogen-bond acceptors (Lipinski definition) is 4. The predicted octanol–water partition coefficient (Wildman–Crippen LogP) is 5.46. The first-order chi connectivity index (χ1) is 11.6. The summed E-state index contributed by atoms with van der Waals surface area (Å²) in [7, 11) is 0. The van der Waals surface area contributed by atoms with Crippen molar-refractivity contribution in [3.63, 3.8) is 0 Å². The van der Waals surface area contributed by atoms with E-state index in [0.29, 0.717) is 23.6 Å². The highest BCUT2D eigenvalue weighted by atomic mass is 35.5. The van der Waals surface area contributed by atoms with Crippen molar-refractivity contribution in [3.8, 4) is 11.3 Å². The first kappa shape index (κ1) is 16.7. The molecule has 0 unspecified atom stereocenters. The minimum atomic E-state index is 0.0921. The monoisotopic (exact) mass is 356 g/mol. The molecule has 3 aromatic rings. The lowest BCUT2D eigenvalue weighted by molar-refractivity contribution is 0.0986. The third-order valence-electron chi connectivity index (χ3n) is 3.65. The van der Waals surface area contributed by atoms with E-state index in [1.54, 1.807) is 35.6 Å². The van der Waals surface area contributed by atoms with Crippen molar-refractivity contribution >= 4 is 33.9 Å². The number of thiazole rings is 1. The molecule has 0 amide bonds. The third kappa shape index (κ3) is 4.22. The smallest absolute Gasteiger partial charge is 0.183 e. The Kier molecular flexibility index (Phi) is 5.28. The van der Waals surface area contributed by atoms with Crippen molar-refractivity contribution in [2.24, 2.45) is 0 Å². The van der Waals surface area contributed by atoms with Crippen LogP contribution < -0.4 is 5.32 Å². The van der Waals surface area contributed by atoms with E-state index in [-0.39, 0.29) is 5.78 Å². The number of halogens is 1. The second-order valence-electron chi connectivity index (χ2n) is 5.51. The van der Waals surface area contributed by atoms with E-state index in [0.717, 1.165) is 16.4 Å². The maximum absolute atomic E-state index is 12.1. The zero-order valence-electron chi connectivity index (χ0n) is 13.3. The molecule has 5 heteroatoms. The molecule has 1 aromatic heterocycles. The maximum Gasteiger partial charge on any atom is 0.183 e. The highest BCUT2D eigenvalue weighted by molar-refractivity contribution is 7.14. The molecule has 0 saturated heterocycles. The molecule has 3 rings (SSSR count). The van der Waals surface area contributed by atoms with Gasteiger partial charge in [0.05, 0.1) is 5.69 Å². The highest BCUT2D eigenvalue weighted by Crippen LogP contribution is 2.25. The van der Waals surface area contributed by atoms with Gasteiger partial charge in [0.15, 0.2) is 10.9 Å². The molecule has 0 bridgehead atoms. The van der Waals surface area contributed by atoms with Gasteiger partial charge in [0.1, 0.15) is 0 Å². The van der Waals surface area contributed by atoms with Gasteiger partial charge in [-0.25, -0.2) is 4.98 Å². The van der Waals surface area contributed by atoms with Crippen molar-refractivity contribution in [1.82, 2.24) is 4.98 Å². The van der Waals surface area contributed by atoms with Gasteiger partial charge in [-0.2, -0.15) is 0 Å². The van der Waals surface area contributed by atoms with Crippen LogP contribution in [0.3, 0.4) is 0 Å². The molecule has 0 spiro atoms. The molecular weight excluding hydrogens is 340 g/mol. The molecule has 1 heterocycles. The van der Waals surface area contributed by atoms with Gasteiger partial charge in [0, 0.05) is 34.5 Å². The molecule has 3 nitrogen and oxygen atoms in total. The van der Waals surface area contributed by atoms with Gasteiger partial charge in [-0.1, -0.05) is 41.4 Å². The number of benzene rings is 2. The molecule has 0 aliphatic carbocycles. The Morgan fingerprint density at radius 2 is 1.83 bits per heavy atom. The zero-order valence-corrected chi connectivity index (χ0v) is 14.8. The second-order valence-corrected chi connectivity index (χ2v) is 6.81. The van der Waals surface area contributed by atoms with E-state index in [9.17, 15) is 4.79 Å². The Morgan fingerprint density at radius 1 is 1.12 bits per heavy atom. The number of aromatic nitrogens is 1. The molecule has 0 aliphatic rings. The molecule has 0 aliphatic heterocycles. The predicted molar refractivity (Wildman–Crippen MR) is 101 cm³/mol. The Hall–Kier alpha value is -2.17. The Labute approximate surface area is 150 Å². The van der Waals surface area contributed by atoms with E-state index in [1.807, 2.05) is 5.38 Å². The largest absolute Gasteiger partial charge is 0.361 e. The van der Waals surface area contributed by atoms with E-state index in [1.165, 1.54) is 5.56 Å². The summed E-state index contributed by atoms with van der Waals surface area (Å²) in [6.07, 6.45) is 0.418. The summed E-state index contributed by atoms with van der Waals surface area (Å²) >= 11 is 7.38. The number of carbonyl (C=O) groups excluding carboxylic acids is 1. The number of hydrogen-bond donors (Lipinski definition) is 1. The maximum atomic E-state index is 12.1. The van der Waals surface area contributed by atoms with Crippen LogP contribution >= 0.6 is 22.9 Å². The molecule has 24 heavy (non-hydrogen) atoms. The zero-order chi connectivity index (χ0) is 16.9. The van der Waals surface area contributed by atoms with Gasteiger partial charge in [-0.3, -0.25) is 4.79 Å². The molecule has 2 aromatic carbocycles. The average molecular weight is 357 g/mol. The first-order valence-electron chi connectivity index (χ1n) is 7.67. The minimum Gasteiger partial charge on any atom is -0.361 e. The Balaban J connectivity index is 1.55. The van der Waals surface area contributed by atoms with Gasteiger partial charge in [0.25, 0.3) is 0 Å². The lowest BCUT2D eigenvalue weighted by Crippen LogP contribution is -2.08. The number of carbonyl (C=O) groups is 1. The van der Waals surface area contributed by atoms with Crippen LogP contribution in [0, 0.1) is 6.92 Å². The van der Waals surface area contributed by atoms with E-state index in [2.05, 4.69) is 41.5 Å². The summed E-state index contributed by atoms with van der Waals surface area (Å²) in [5, 5.41) is 6.70. The minimum absolute atomic E-state index is 0.0921. The molecule has 0 atom stereocenters. The summed E-state index contributed by atoms with van der Waals surface area (Å²) < 4.78 is 0. The number of ketones is 1. The number of nitrogens with one attached hydrogen (secondary N) is 1. The highest BCUT2D eigenvalue weighted by Gasteiger charge is 2.07. The molecule has 0 fully saturated rings. The molecule has 1 N–H and O–H groups in total. The van der Waals surface area contributed by atoms with E-state index in [4.69, 9.17) is 11.6 Å². The van der Waals surface area contributed by atoms with Gasteiger partial charge in [-0.15, -0.1) is 11.3 Å². The van der Waals surface area contributed by atoms with Crippen LogP contribution in [0.1, 0.15) is 22.3 Å². The van der Waals surface area contributed by atoms with Crippen LogP contribution in [0.25, 0.3) is 11.3 Å². The van der Waals surface area contributed by atoms with Crippen LogP contribution in [0.5, 0.6) is 0 Å². The Morgan fingerprint density at radius 3 is 2.54 bits per heavy atom. The van der Waals surface area contributed by atoms with Gasteiger partial charge < -0.3 is 5.32 Å². The SMILES string of the molecule is Cc1ccc(-c2csc(NCCC(=O)c3ccc(Cl)cc3)n2)cc1. The van der Waals surface area contributed by atoms with Crippen LogP contribution in [-0.2, 0) is 0 Å². The number of Topliss-reactive ketones (excluding diaryl/α,β-unsaturated/α-hetero) is 1. The van der Waals surface area contributed by atoms with Crippen molar-refractivity contribution in [3.05, 3.63) is 70.1 Å². The summed E-state index contributed by atoms with van der Waals surface area (Å²) in [4.78, 5) is 16.7. The quantitative estimate of drug-likeness (QED) is 0.596. The molecule has 0 saturated carbocycles. The molecular formula is C19H17ClN2OS. The van der Waals surface area contributed by atoms with Crippen molar-refractivity contribution < 1.29 is 4.79 Å².